The lowest BCUT2D eigenvalue weighted by atomic mass is 10.1. The fraction of sp³-hybridized carbons (Fsp3) is 0.421. The van der Waals surface area contributed by atoms with E-state index in [0.717, 1.165) is 41.4 Å². The van der Waals surface area contributed by atoms with E-state index in [0.29, 0.717) is 19.4 Å². The van der Waals surface area contributed by atoms with Gasteiger partial charge >= 0.3 is 5.97 Å². The molecule has 7 heteroatoms. The van der Waals surface area contributed by atoms with Crippen molar-refractivity contribution in [1.29, 1.82) is 0 Å². The first-order valence-corrected chi connectivity index (χ1v) is 9.95. The molecular weight excluding hydrogens is 350 g/mol. The molecule has 1 N–H and O–H groups in total. The van der Waals surface area contributed by atoms with Gasteiger partial charge < -0.3 is 10.0 Å². The van der Waals surface area contributed by atoms with Gasteiger partial charge in [-0.2, -0.15) is 5.10 Å². The normalized spacial score (nSPS) is 14.0. The first kappa shape index (κ1) is 18.5. The smallest absolute Gasteiger partial charge is 0.303 e. The third-order valence-corrected chi connectivity index (χ3v) is 5.23. The summed E-state index contributed by atoms with van der Waals surface area (Å²) in [6.45, 7) is 2.00. The Morgan fingerprint density at radius 2 is 2.12 bits per heavy atom. The average molecular weight is 373 g/mol. The second-order valence-electron chi connectivity index (χ2n) is 6.44. The van der Waals surface area contributed by atoms with Crippen molar-refractivity contribution in [3.63, 3.8) is 0 Å². The summed E-state index contributed by atoms with van der Waals surface area (Å²) in [5, 5.41) is 13.3. The molecule has 0 fully saturated rings. The Bertz CT molecular complexity index is 803. The molecule has 2 aromatic rings. The highest BCUT2D eigenvalue weighted by Gasteiger charge is 2.21. The summed E-state index contributed by atoms with van der Waals surface area (Å²) in [7, 11) is 0. The second-order valence-corrected chi connectivity index (χ2v) is 7.32. The molecule has 0 unspecified atom stereocenters. The van der Waals surface area contributed by atoms with Gasteiger partial charge in [0.2, 0.25) is 5.91 Å². The molecule has 6 nitrogen and oxygen atoms in total. The highest BCUT2D eigenvalue weighted by molar-refractivity contribution is 7.98. The fourth-order valence-electron chi connectivity index (χ4n) is 3.16. The van der Waals surface area contributed by atoms with E-state index in [1.807, 2.05) is 40.1 Å². The number of fused-ring (bicyclic) bond motifs is 1. The quantitative estimate of drug-likeness (QED) is 0.788. The maximum atomic E-state index is 12.8. The zero-order valence-electron chi connectivity index (χ0n) is 14.9. The Hall–Kier alpha value is -2.28. The zero-order valence-corrected chi connectivity index (χ0v) is 15.7. The first-order valence-electron chi connectivity index (χ1n) is 8.73. The van der Waals surface area contributed by atoms with Gasteiger partial charge in [0.25, 0.3) is 0 Å². The van der Waals surface area contributed by atoms with Crippen molar-refractivity contribution >= 4 is 23.6 Å². The summed E-state index contributed by atoms with van der Waals surface area (Å²) in [5.74, 6) is -0.706. The predicted molar refractivity (Wildman–Crippen MR) is 100 cm³/mol. The topological polar surface area (TPSA) is 75.4 Å². The first-order chi connectivity index (χ1) is 12.5. The number of nitrogens with zero attached hydrogens (tertiary/aromatic N) is 3. The number of carboxylic acids is 1. The van der Waals surface area contributed by atoms with Crippen LogP contribution in [-0.2, 0) is 35.5 Å². The van der Waals surface area contributed by atoms with E-state index >= 15 is 0 Å². The number of aryl methyl sites for hydroxylation is 2. The Labute approximate surface area is 157 Å². The van der Waals surface area contributed by atoms with Crippen molar-refractivity contribution < 1.29 is 14.7 Å². The number of hydrogen-bond donors (Lipinski definition) is 1. The molecule has 0 saturated heterocycles. The molecule has 0 bridgehead atoms. The van der Waals surface area contributed by atoms with Crippen LogP contribution >= 0.6 is 11.8 Å². The van der Waals surface area contributed by atoms with E-state index in [2.05, 4.69) is 11.2 Å². The lowest BCUT2D eigenvalue weighted by molar-refractivity contribution is -0.137. The number of aromatic nitrogens is 2. The van der Waals surface area contributed by atoms with Gasteiger partial charge in [0.1, 0.15) is 0 Å². The Morgan fingerprint density at radius 1 is 1.27 bits per heavy atom. The minimum Gasteiger partial charge on any atom is -0.481 e. The molecule has 0 saturated carbocycles. The van der Waals surface area contributed by atoms with Crippen LogP contribution in [0, 0.1) is 0 Å². The lowest BCUT2D eigenvalue weighted by Gasteiger charge is -2.20. The largest absolute Gasteiger partial charge is 0.481 e. The molecule has 1 aromatic carbocycles. The zero-order chi connectivity index (χ0) is 18.5. The van der Waals surface area contributed by atoms with Crippen LogP contribution in [0.1, 0.15) is 29.8 Å². The lowest BCUT2D eigenvalue weighted by Crippen LogP contribution is -2.32. The third kappa shape index (κ3) is 4.66. The number of carbonyl (C=O) groups excluding carboxylic acids is 1. The van der Waals surface area contributed by atoms with Crippen LogP contribution in [0.4, 0.5) is 0 Å². The molecule has 0 spiro atoms. The molecule has 0 aliphatic carbocycles. The SMILES string of the molecule is CSc1cccc(CC(=O)N2CCCn3nc(CCC(=O)O)cc3C2)c1. The molecule has 0 atom stereocenters. The van der Waals surface area contributed by atoms with E-state index in [-0.39, 0.29) is 12.3 Å². The predicted octanol–water partition coefficient (Wildman–Crippen LogP) is 2.60. The maximum Gasteiger partial charge on any atom is 0.303 e. The molecule has 26 heavy (non-hydrogen) atoms. The highest BCUT2D eigenvalue weighted by atomic mass is 32.2. The molecule has 3 rings (SSSR count). The van der Waals surface area contributed by atoms with Crippen molar-refractivity contribution in [2.24, 2.45) is 0 Å². The summed E-state index contributed by atoms with van der Waals surface area (Å²) in [4.78, 5) is 26.5. The number of amides is 1. The van der Waals surface area contributed by atoms with Crippen LogP contribution in [0.15, 0.2) is 35.2 Å². The van der Waals surface area contributed by atoms with Gasteiger partial charge in [-0.1, -0.05) is 12.1 Å². The molecule has 1 amide bonds. The monoisotopic (exact) mass is 373 g/mol. The Morgan fingerprint density at radius 3 is 2.88 bits per heavy atom. The minimum absolute atomic E-state index is 0.0743. The molecule has 1 aliphatic rings. The third-order valence-electron chi connectivity index (χ3n) is 4.50. The van der Waals surface area contributed by atoms with Crippen LogP contribution in [0.2, 0.25) is 0 Å². The van der Waals surface area contributed by atoms with Crippen LogP contribution in [0.5, 0.6) is 0 Å². The van der Waals surface area contributed by atoms with E-state index in [1.54, 1.807) is 11.8 Å². The van der Waals surface area contributed by atoms with Crippen LogP contribution in [0.3, 0.4) is 0 Å². The summed E-state index contributed by atoms with van der Waals surface area (Å²) >= 11 is 1.67. The average Bonchev–Trinajstić information content (AvgIpc) is 2.90. The van der Waals surface area contributed by atoms with Gasteiger partial charge in [0.05, 0.1) is 30.8 Å². The Balaban J connectivity index is 1.67. The molecule has 138 valence electrons. The van der Waals surface area contributed by atoms with E-state index in [4.69, 9.17) is 5.11 Å². The van der Waals surface area contributed by atoms with Gasteiger partial charge in [-0.25, -0.2) is 0 Å². The van der Waals surface area contributed by atoms with Gasteiger partial charge in [0, 0.05) is 24.4 Å². The number of carboxylic acid groups (broad SMARTS) is 1. The molecular formula is C19H23N3O3S. The van der Waals surface area contributed by atoms with Crippen molar-refractivity contribution in [3.8, 4) is 0 Å². The number of benzene rings is 1. The van der Waals surface area contributed by atoms with Crippen LogP contribution in [0.25, 0.3) is 0 Å². The van der Waals surface area contributed by atoms with Crippen molar-refractivity contribution in [2.75, 3.05) is 12.8 Å². The van der Waals surface area contributed by atoms with Gasteiger partial charge in [-0.15, -0.1) is 11.8 Å². The van der Waals surface area contributed by atoms with Crippen molar-refractivity contribution in [1.82, 2.24) is 14.7 Å². The summed E-state index contributed by atoms with van der Waals surface area (Å²) in [5.41, 5.74) is 2.79. The van der Waals surface area contributed by atoms with Crippen molar-refractivity contribution in [2.45, 2.75) is 43.7 Å². The van der Waals surface area contributed by atoms with E-state index < -0.39 is 5.97 Å². The van der Waals surface area contributed by atoms with Gasteiger partial charge in [-0.3, -0.25) is 14.3 Å². The molecule has 0 radical (unpaired) electrons. The number of aliphatic carboxylic acids is 1. The molecule has 1 aliphatic heterocycles. The Kier molecular flexibility index (Phi) is 5.98. The van der Waals surface area contributed by atoms with Crippen LogP contribution < -0.4 is 0 Å². The van der Waals surface area contributed by atoms with Gasteiger partial charge in [0.15, 0.2) is 0 Å². The molecule has 2 heterocycles. The highest BCUT2D eigenvalue weighted by Crippen LogP contribution is 2.19. The summed E-state index contributed by atoms with van der Waals surface area (Å²) in [6.07, 6.45) is 3.77. The number of thioether (sulfide) groups is 1. The fourth-order valence-corrected chi connectivity index (χ4v) is 3.64. The maximum absolute atomic E-state index is 12.8. The standard InChI is InChI=1S/C19H23N3O3S/c1-26-17-5-2-4-14(10-17)11-18(23)21-8-3-9-22-16(13-21)12-15(20-22)6-7-19(24)25/h2,4-5,10,12H,3,6-9,11,13H2,1H3,(H,24,25). The van der Waals surface area contributed by atoms with E-state index in [9.17, 15) is 9.59 Å². The van der Waals surface area contributed by atoms with Crippen molar-refractivity contribution in [3.05, 3.63) is 47.3 Å². The number of hydrogen-bond acceptors (Lipinski definition) is 4. The number of carbonyl (C=O) groups is 2. The summed E-state index contributed by atoms with van der Waals surface area (Å²) in [6, 6.07) is 10.0. The van der Waals surface area contributed by atoms with Gasteiger partial charge in [-0.05, 0) is 36.4 Å². The summed E-state index contributed by atoms with van der Waals surface area (Å²) < 4.78 is 1.92. The number of rotatable bonds is 6. The molecule has 1 aromatic heterocycles. The van der Waals surface area contributed by atoms with Crippen LogP contribution in [-0.4, -0.2) is 44.5 Å². The second kappa shape index (κ2) is 8.40. The minimum atomic E-state index is -0.822. The van der Waals surface area contributed by atoms with E-state index in [1.165, 1.54) is 0 Å².